The number of carbonyl (C=O) groups is 1. The molecule has 1 atom stereocenters. The van der Waals surface area contributed by atoms with Gasteiger partial charge < -0.3 is 11.1 Å². The van der Waals surface area contributed by atoms with Crippen LogP contribution in [0.2, 0.25) is 0 Å². The van der Waals surface area contributed by atoms with Crippen LogP contribution in [0.15, 0.2) is 30.3 Å². The van der Waals surface area contributed by atoms with E-state index in [0.29, 0.717) is 5.92 Å². The summed E-state index contributed by atoms with van der Waals surface area (Å²) >= 11 is 5.10. The summed E-state index contributed by atoms with van der Waals surface area (Å²) in [5, 5.41) is 3.10. The number of nitrogens with one attached hydrogen (secondary N) is 1. The molecule has 0 bridgehead atoms. The first-order valence-corrected chi connectivity index (χ1v) is 8.19. The Morgan fingerprint density at radius 1 is 1.19 bits per heavy atom. The van der Waals surface area contributed by atoms with Crippen molar-refractivity contribution in [3.63, 3.8) is 0 Å². The lowest BCUT2D eigenvalue weighted by atomic mass is 9.95. The number of amides is 1. The van der Waals surface area contributed by atoms with Crippen LogP contribution in [-0.4, -0.2) is 17.4 Å². The zero-order valence-corrected chi connectivity index (χ0v) is 12.9. The van der Waals surface area contributed by atoms with E-state index in [-0.39, 0.29) is 10.9 Å². The van der Waals surface area contributed by atoms with Gasteiger partial charge in [-0.2, -0.15) is 0 Å². The van der Waals surface area contributed by atoms with Gasteiger partial charge in [-0.3, -0.25) is 4.79 Å². The van der Waals surface area contributed by atoms with Gasteiger partial charge in [-0.05, 0) is 49.0 Å². The van der Waals surface area contributed by atoms with Crippen LogP contribution >= 0.6 is 12.2 Å². The summed E-state index contributed by atoms with van der Waals surface area (Å²) in [6.07, 6.45) is 5.31. The smallest absolute Gasteiger partial charge is 0.234 e. The molecule has 1 unspecified atom stereocenters. The van der Waals surface area contributed by atoms with Gasteiger partial charge in [-0.1, -0.05) is 42.5 Å². The minimum absolute atomic E-state index is 0.0556. The molecule has 3 nitrogen and oxygen atoms in total. The second-order valence-corrected chi connectivity index (χ2v) is 6.80. The maximum Gasteiger partial charge on any atom is 0.234 e. The Labute approximate surface area is 131 Å². The highest BCUT2D eigenvalue weighted by Gasteiger charge is 2.41. The first-order valence-electron chi connectivity index (χ1n) is 7.79. The van der Waals surface area contributed by atoms with E-state index in [1.165, 1.54) is 25.7 Å². The Morgan fingerprint density at radius 3 is 2.24 bits per heavy atom. The van der Waals surface area contributed by atoms with E-state index >= 15 is 0 Å². The van der Waals surface area contributed by atoms with Gasteiger partial charge in [0.05, 0.1) is 4.99 Å². The zero-order chi connectivity index (χ0) is 14.8. The number of benzene rings is 1. The second kappa shape index (κ2) is 6.14. The Kier molecular flexibility index (Phi) is 4.24. The van der Waals surface area contributed by atoms with Crippen molar-refractivity contribution in [3.05, 3.63) is 35.9 Å². The molecule has 2 fully saturated rings. The quantitative estimate of drug-likeness (QED) is 0.761. The van der Waals surface area contributed by atoms with E-state index in [1.807, 2.05) is 30.3 Å². The highest BCUT2D eigenvalue weighted by Crippen LogP contribution is 2.48. The first-order chi connectivity index (χ1) is 10.2. The molecule has 0 aliphatic heterocycles. The summed E-state index contributed by atoms with van der Waals surface area (Å²) in [4.78, 5) is 12.7. The average Bonchev–Trinajstić information content (AvgIpc) is 3.34. The molecule has 1 amide bonds. The number of hydrogen-bond donors (Lipinski definition) is 2. The van der Waals surface area contributed by atoms with E-state index in [9.17, 15) is 4.79 Å². The third-order valence-electron chi connectivity index (χ3n) is 4.65. The summed E-state index contributed by atoms with van der Waals surface area (Å²) < 4.78 is 0. The van der Waals surface area contributed by atoms with Crippen molar-refractivity contribution in [2.24, 2.45) is 23.5 Å². The molecule has 0 radical (unpaired) electrons. The normalized spacial score (nSPS) is 19.3. The Bertz CT molecular complexity index is 511. The van der Waals surface area contributed by atoms with Crippen molar-refractivity contribution in [1.82, 2.24) is 5.32 Å². The van der Waals surface area contributed by atoms with Gasteiger partial charge in [0.15, 0.2) is 0 Å². The second-order valence-electron chi connectivity index (χ2n) is 6.33. The molecule has 3 rings (SSSR count). The van der Waals surface area contributed by atoms with Crippen molar-refractivity contribution in [2.75, 3.05) is 6.54 Å². The number of thiocarbonyl (C=S) groups is 1. The summed E-state index contributed by atoms with van der Waals surface area (Å²) in [5.74, 6) is 1.76. The van der Waals surface area contributed by atoms with Gasteiger partial charge in [0.1, 0.15) is 5.92 Å². The monoisotopic (exact) mass is 302 g/mol. The van der Waals surface area contributed by atoms with Crippen molar-refractivity contribution >= 4 is 23.1 Å². The topological polar surface area (TPSA) is 55.1 Å². The molecular weight excluding hydrogens is 280 g/mol. The molecule has 0 aromatic heterocycles. The van der Waals surface area contributed by atoms with E-state index in [1.54, 1.807) is 0 Å². The molecule has 1 aromatic carbocycles. The van der Waals surface area contributed by atoms with Crippen molar-refractivity contribution in [3.8, 4) is 0 Å². The molecule has 2 saturated carbocycles. The van der Waals surface area contributed by atoms with Crippen LogP contribution < -0.4 is 11.1 Å². The predicted octanol–water partition coefficient (Wildman–Crippen LogP) is 2.61. The van der Waals surface area contributed by atoms with Crippen LogP contribution in [0.4, 0.5) is 0 Å². The Morgan fingerprint density at radius 2 is 1.76 bits per heavy atom. The van der Waals surface area contributed by atoms with Crippen LogP contribution in [0, 0.1) is 17.8 Å². The van der Waals surface area contributed by atoms with Crippen LogP contribution in [0.3, 0.4) is 0 Å². The number of rotatable bonds is 7. The highest BCUT2D eigenvalue weighted by molar-refractivity contribution is 7.80. The van der Waals surface area contributed by atoms with Crippen LogP contribution in [0.5, 0.6) is 0 Å². The van der Waals surface area contributed by atoms with Crippen molar-refractivity contribution in [1.29, 1.82) is 0 Å². The van der Waals surface area contributed by atoms with E-state index in [2.05, 4.69) is 5.32 Å². The fourth-order valence-electron chi connectivity index (χ4n) is 3.18. The number of hydrogen-bond acceptors (Lipinski definition) is 2. The maximum atomic E-state index is 12.5. The molecular formula is C17H22N2OS. The summed E-state index contributed by atoms with van der Waals surface area (Å²) in [6.45, 7) is 0.778. The fourth-order valence-corrected chi connectivity index (χ4v) is 3.42. The molecule has 2 aliphatic carbocycles. The molecule has 1 aromatic rings. The minimum Gasteiger partial charge on any atom is -0.392 e. The predicted molar refractivity (Wildman–Crippen MR) is 87.9 cm³/mol. The van der Waals surface area contributed by atoms with Gasteiger partial charge >= 0.3 is 0 Å². The summed E-state index contributed by atoms with van der Waals surface area (Å²) in [6, 6.07) is 9.55. The Balaban J connectivity index is 1.63. The lowest BCUT2D eigenvalue weighted by molar-refractivity contribution is -0.121. The third kappa shape index (κ3) is 3.62. The molecule has 0 heterocycles. The molecule has 112 valence electrons. The summed E-state index contributed by atoms with van der Waals surface area (Å²) in [5.41, 5.74) is 6.66. The zero-order valence-electron chi connectivity index (χ0n) is 12.1. The van der Waals surface area contributed by atoms with Crippen LogP contribution in [0.1, 0.15) is 37.2 Å². The first kappa shape index (κ1) is 14.5. The Hall–Kier alpha value is -1.42. The molecule has 3 N–H and O–H groups in total. The largest absolute Gasteiger partial charge is 0.392 e. The van der Waals surface area contributed by atoms with E-state index in [4.69, 9.17) is 18.0 Å². The van der Waals surface area contributed by atoms with Gasteiger partial charge in [-0.25, -0.2) is 0 Å². The lowest BCUT2D eigenvalue weighted by Gasteiger charge is -2.20. The number of nitrogens with two attached hydrogens (primary N) is 1. The molecule has 21 heavy (non-hydrogen) atoms. The molecule has 2 aliphatic rings. The van der Waals surface area contributed by atoms with Gasteiger partial charge in [-0.15, -0.1) is 0 Å². The third-order valence-corrected chi connectivity index (χ3v) is 4.88. The molecule has 0 saturated heterocycles. The highest BCUT2D eigenvalue weighted by atomic mass is 32.1. The number of carbonyl (C=O) groups excluding carboxylic acids is 1. The van der Waals surface area contributed by atoms with Crippen molar-refractivity contribution in [2.45, 2.75) is 31.6 Å². The SMILES string of the molecule is NC(=S)C(C(=O)NCC(C1CC1)C1CC1)c1ccccc1. The van der Waals surface area contributed by atoms with E-state index in [0.717, 1.165) is 23.9 Å². The van der Waals surface area contributed by atoms with Gasteiger partial charge in [0.25, 0.3) is 0 Å². The molecule has 4 heteroatoms. The van der Waals surface area contributed by atoms with Gasteiger partial charge in [0.2, 0.25) is 5.91 Å². The van der Waals surface area contributed by atoms with E-state index < -0.39 is 5.92 Å². The van der Waals surface area contributed by atoms with Crippen LogP contribution in [-0.2, 0) is 4.79 Å². The molecule has 0 spiro atoms. The lowest BCUT2D eigenvalue weighted by Crippen LogP contribution is -2.39. The van der Waals surface area contributed by atoms with Gasteiger partial charge in [0, 0.05) is 6.54 Å². The van der Waals surface area contributed by atoms with Crippen molar-refractivity contribution < 1.29 is 4.79 Å². The minimum atomic E-state index is -0.514. The standard InChI is InChI=1S/C17H22N2OS/c18-16(21)15(13-4-2-1-3-5-13)17(20)19-10-14(11-6-7-11)12-8-9-12/h1-5,11-12,14-15H,6-10H2,(H2,18,21)(H,19,20). The average molecular weight is 302 g/mol. The maximum absolute atomic E-state index is 12.5. The van der Waals surface area contributed by atoms with Crippen LogP contribution in [0.25, 0.3) is 0 Å². The summed E-state index contributed by atoms with van der Waals surface area (Å²) in [7, 11) is 0. The fraction of sp³-hybridized carbons (Fsp3) is 0.529.